The van der Waals surface area contributed by atoms with Crippen LogP contribution in [0.25, 0.3) is 0 Å². The van der Waals surface area contributed by atoms with Gasteiger partial charge in [-0.1, -0.05) is 24.3 Å². The maximum atomic E-state index is 13.8. The third-order valence-corrected chi connectivity index (χ3v) is 3.56. The van der Waals surface area contributed by atoms with E-state index in [1.807, 2.05) is 25.1 Å². The van der Waals surface area contributed by atoms with E-state index < -0.39 is 5.54 Å². The molecule has 0 aliphatic heterocycles. The van der Waals surface area contributed by atoms with Crippen LogP contribution in [0.4, 0.5) is 4.39 Å². The second-order valence-corrected chi connectivity index (χ2v) is 5.26. The van der Waals surface area contributed by atoms with Gasteiger partial charge in [0.1, 0.15) is 5.82 Å². The van der Waals surface area contributed by atoms with Crippen LogP contribution in [0.2, 0.25) is 0 Å². The average Bonchev–Trinajstić information content (AvgIpc) is 2.48. The van der Waals surface area contributed by atoms with Gasteiger partial charge in [0.05, 0.1) is 14.2 Å². The lowest BCUT2D eigenvalue weighted by Gasteiger charge is -2.26. The first-order chi connectivity index (χ1) is 9.97. The minimum atomic E-state index is -0.707. The van der Waals surface area contributed by atoms with Gasteiger partial charge >= 0.3 is 0 Å². The standard InChI is InChI=1S/C17H20FNO2/c1-17(19,11-12-6-4-5-7-14(12)18)13-8-9-15(20-2)16(10-13)21-3/h4-10H,11,19H2,1-3H3. The van der Waals surface area contributed by atoms with E-state index in [2.05, 4.69) is 0 Å². The third-order valence-electron chi connectivity index (χ3n) is 3.56. The molecular formula is C17H20FNO2. The molecule has 0 saturated heterocycles. The highest BCUT2D eigenvalue weighted by Gasteiger charge is 2.24. The Bertz CT molecular complexity index is 626. The maximum Gasteiger partial charge on any atom is 0.161 e. The summed E-state index contributed by atoms with van der Waals surface area (Å²) in [5, 5.41) is 0. The quantitative estimate of drug-likeness (QED) is 0.919. The van der Waals surface area contributed by atoms with E-state index in [0.29, 0.717) is 23.5 Å². The van der Waals surface area contributed by atoms with Crippen LogP contribution in [0.3, 0.4) is 0 Å². The Kier molecular flexibility index (Phi) is 4.48. The van der Waals surface area contributed by atoms with E-state index in [-0.39, 0.29) is 5.82 Å². The van der Waals surface area contributed by atoms with Crippen LogP contribution in [-0.4, -0.2) is 14.2 Å². The van der Waals surface area contributed by atoms with Gasteiger partial charge in [0.25, 0.3) is 0 Å². The minimum absolute atomic E-state index is 0.241. The van der Waals surface area contributed by atoms with Crippen molar-refractivity contribution in [2.24, 2.45) is 5.73 Å². The Morgan fingerprint density at radius 3 is 2.33 bits per heavy atom. The second-order valence-electron chi connectivity index (χ2n) is 5.26. The molecule has 1 unspecified atom stereocenters. The highest BCUT2D eigenvalue weighted by atomic mass is 19.1. The predicted molar refractivity (Wildman–Crippen MR) is 81.2 cm³/mol. The van der Waals surface area contributed by atoms with Crippen LogP contribution >= 0.6 is 0 Å². The van der Waals surface area contributed by atoms with Gasteiger partial charge in [0, 0.05) is 5.54 Å². The Hall–Kier alpha value is -2.07. The Labute approximate surface area is 124 Å². The van der Waals surface area contributed by atoms with Crippen LogP contribution in [-0.2, 0) is 12.0 Å². The van der Waals surface area contributed by atoms with Gasteiger partial charge in [-0.15, -0.1) is 0 Å². The molecule has 3 nitrogen and oxygen atoms in total. The van der Waals surface area contributed by atoms with Crippen molar-refractivity contribution in [1.82, 2.24) is 0 Å². The molecular weight excluding hydrogens is 269 g/mol. The molecule has 2 aromatic rings. The first kappa shape index (κ1) is 15.3. The number of ether oxygens (including phenoxy) is 2. The Morgan fingerprint density at radius 1 is 1.05 bits per heavy atom. The van der Waals surface area contributed by atoms with Crippen LogP contribution < -0.4 is 15.2 Å². The monoisotopic (exact) mass is 289 g/mol. The Morgan fingerprint density at radius 2 is 1.71 bits per heavy atom. The summed E-state index contributed by atoms with van der Waals surface area (Å²) >= 11 is 0. The Balaban J connectivity index is 2.33. The van der Waals surface area contributed by atoms with Crippen molar-refractivity contribution in [2.75, 3.05) is 14.2 Å². The molecule has 0 aromatic heterocycles. The van der Waals surface area contributed by atoms with Crippen LogP contribution in [0.1, 0.15) is 18.1 Å². The van der Waals surface area contributed by atoms with Gasteiger partial charge in [0.2, 0.25) is 0 Å². The van der Waals surface area contributed by atoms with Crippen molar-refractivity contribution in [2.45, 2.75) is 18.9 Å². The summed E-state index contributed by atoms with van der Waals surface area (Å²) < 4.78 is 24.3. The molecule has 0 saturated carbocycles. The zero-order valence-electron chi connectivity index (χ0n) is 12.5. The summed E-state index contributed by atoms with van der Waals surface area (Å²) in [7, 11) is 3.16. The fourth-order valence-corrected chi connectivity index (χ4v) is 2.33. The molecule has 2 aromatic carbocycles. The molecule has 21 heavy (non-hydrogen) atoms. The number of methoxy groups -OCH3 is 2. The molecule has 0 aliphatic rings. The van der Waals surface area contributed by atoms with Gasteiger partial charge in [-0.3, -0.25) is 0 Å². The fraction of sp³-hybridized carbons (Fsp3) is 0.294. The molecule has 2 rings (SSSR count). The molecule has 0 amide bonds. The number of hydrogen-bond donors (Lipinski definition) is 1. The van der Waals surface area contributed by atoms with E-state index in [4.69, 9.17) is 15.2 Å². The first-order valence-corrected chi connectivity index (χ1v) is 6.72. The van der Waals surface area contributed by atoms with E-state index in [0.717, 1.165) is 5.56 Å². The predicted octanol–water partition coefficient (Wildman–Crippen LogP) is 3.26. The van der Waals surface area contributed by atoms with Crippen LogP contribution in [0, 0.1) is 5.82 Å². The average molecular weight is 289 g/mol. The summed E-state index contributed by atoms with van der Waals surface area (Å²) in [5.41, 5.74) is 7.14. The fourth-order valence-electron chi connectivity index (χ4n) is 2.33. The first-order valence-electron chi connectivity index (χ1n) is 6.72. The second kappa shape index (κ2) is 6.14. The summed E-state index contributed by atoms with van der Waals surface area (Å²) in [6.07, 6.45) is 0.398. The molecule has 1 atom stereocenters. The summed E-state index contributed by atoms with van der Waals surface area (Å²) in [5.74, 6) is 1.01. The summed E-state index contributed by atoms with van der Waals surface area (Å²) in [4.78, 5) is 0. The highest BCUT2D eigenvalue weighted by Crippen LogP contribution is 2.32. The van der Waals surface area contributed by atoms with E-state index >= 15 is 0 Å². The molecule has 2 N–H and O–H groups in total. The number of rotatable bonds is 5. The number of hydrogen-bond acceptors (Lipinski definition) is 3. The summed E-state index contributed by atoms with van der Waals surface area (Å²) in [6, 6.07) is 12.2. The lowest BCUT2D eigenvalue weighted by Crippen LogP contribution is -2.35. The van der Waals surface area contributed by atoms with Gasteiger partial charge in [-0.25, -0.2) is 4.39 Å². The smallest absolute Gasteiger partial charge is 0.161 e. The lowest BCUT2D eigenvalue weighted by molar-refractivity contribution is 0.352. The van der Waals surface area contributed by atoms with Crippen molar-refractivity contribution in [3.8, 4) is 11.5 Å². The van der Waals surface area contributed by atoms with E-state index in [9.17, 15) is 4.39 Å². The third kappa shape index (κ3) is 3.34. The van der Waals surface area contributed by atoms with Crippen molar-refractivity contribution >= 4 is 0 Å². The topological polar surface area (TPSA) is 44.5 Å². The normalized spacial score (nSPS) is 13.6. The molecule has 0 heterocycles. The van der Waals surface area contributed by atoms with Crippen molar-refractivity contribution < 1.29 is 13.9 Å². The van der Waals surface area contributed by atoms with Gasteiger partial charge in [0.15, 0.2) is 11.5 Å². The zero-order valence-corrected chi connectivity index (χ0v) is 12.5. The number of benzene rings is 2. The molecule has 4 heteroatoms. The van der Waals surface area contributed by atoms with Crippen molar-refractivity contribution in [3.05, 3.63) is 59.4 Å². The van der Waals surface area contributed by atoms with Crippen LogP contribution in [0.15, 0.2) is 42.5 Å². The molecule has 0 spiro atoms. The molecule has 0 bridgehead atoms. The SMILES string of the molecule is COc1ccc(C(C)(N)Cc2ccccc2F)cc1OC. The highest BCUT2D eigenvalue weighted by molar-refractivity contribution is 5.45. The van der Waals surface area contributed by atoms with E-state index in [1.54, 1.807) is 32.4 Å². The maximum absolute atomic E-state index is 13.8. The van der Waals surface area contributed by atoms with Gasteiger partial charge in [-0.2, -0.15) is 0 Å². The summed E-state index contributed by atoms with van der Waals surface area (Å²) in [6.45, 7) is 1.88. The zero-order chi connectivity index (χ0) is 15.5. The molecule has 0 fully saturated rings. The molecule has 0 aliphatic carbocycles. The van der Waals surface area contributed by atoms with E-state index in [1.165, 1.54) is 6.07 Å². The van der Waals surface area contributed by atoms with Gasteiger partial charge in [-0.05, 0) is 42.7 Å². The number of nitrogens with two attached hydrogens (primary N) is 1. The largest absolute Gasteiger partial charge is 0.493 e. The molecule has 112 valence electrons. The minimum Gasteiger partial charge on any atom is -0.493 e. The molecule has 0 radical (unpaired) electrons. The van der Waals surface area contributed by atoms with Gasteiger partial charge < -0.3 is 15.2 Å². The van der Waals surface area contributed by atoms with Crippen LogP contribution in [0.5, 0.6) is 11.5 Å². The van der Waals surface area contributed by atoms with Crippen molar-refractivity contribution in [3.63, 3.8) is 0 Å². The van der Waals surface area contributed by atoms with Crippen molar-refractivity contribution in [1.29, 1.82) is 0 Å². The number of halogens is 1. The lowest BCUT2D eigenvalue weighted by atomic mass is 9.86.